The third-order valence-electron chi connectivity index (χ3n) is 2.91. The summed E-state index contributed by atoms with van der Waals surface area (Å²) in [6.07, 6.45) is 8.25. The van der Waals surface area contributed by atoms with Gasteiger partial charge in [0.05, 0.1) is 11.7 Å². The van der Waals surface area contributed by atoms with Crippen LogP contribution < -0.4 is 5.32 Å². The molecule has 2 heterocycles. The van der Waals surface area contributed by atoms with Crippen molar-refractivity contribution in [3.05, 3.63) is 41.7 Å². The third kappa shape index (κ3) is 2.56. The molecule has 0 saturated heterocycles. The Hall–Kier alpha value is -1.75. The fourth-order valence-electron chi connectivity index (χ4n) is 2.14. The van der Waals surface area contributed by atoms with E-state index in [9.17, 15) is 0 Å². The maximum atomic E-state index is 4.49. The van der Waals surface area contributed by atoms with Gasteiger partial charge in [-0.3, -0.25) is 4.68 Å². The summed E-state index contributed by atoms with van der Waals surface area (Å²) >= 11 is 0. The average Bonchev–Trinajstić information content (AvgIpc) is 2.78. The van der Waals surface area contributed by atoms with Gasteiger partial charge in [0.15, 0.2) is 0 Å². The largest absolute Gasteiger partial charge is 0.306 e. The SMILES string of the molecule is CCNC(c1cncnc1)c1cn(C)nc1CC. The number of nitrogens with zero attached hydrogens (tertiary/aromatic N) is 4. The van der Waals surface area contributed by atoms with Crippen molar-refractivity contribution in [2.75, 3.05) is 6.54 Å². The van der Waals surface area contributed by atoms with Crippen molar-refractivity contribution in [2.45, 2.75) is 26.3 Å². The highest BCUT2D eigenvalue weighted by Gasteiger charge is 2.19. The molecule has 0 aliphatic rings. The molecule has 0 bridgehead atoms. The van der Waals surface area contributed by atoms with Gasteiger partial charge < -0.3 is 5.32 Å². The van der Waals surface area contributed by atoms with E-state index >= 15 is 0 Å². The second-order valence-corrected chi connectivity index (χ2v) is 4.22. The first-order chi connectivity index (χ1) is 8.76. The van der Waals surface area contributed by atoms with Crippen molar-refractivity contribution in [1.29, 1.82) is 0 Å². The standard InChI is InChI=1S/C13H19N5/c1-4-12-11(8-18(3)17-12)13(16-5-2)10-6-14-9-15-7-10/h6-9,13,16H,4-5H2,1-3H3. The first kappa shape index (κ1) is 12.7. The van der Waals surface area contributed by atoms with Crippen molar-refractivity contribution >= 4 is 0 Å². The second-order valence-electron chi connectivity index (χ2n) is 4.22. The van der Waals surface area contributed by atoms with Crippen LogP contribution in [0.2, 0.25) is 0 Å². The molecule has 1 unspecified atom stereocenters. The van der Waals surface area contributed by atoms with Gasteiger partial charge in [0, 0.05) is 36.8 Å². The van der Waals surface area contributed by atoms with Crippen LogP contribution in [0.1, 0.15) is 36.7 Å². The minimum Gasteiger partial charge on any atom is -0.306 e. The van der Waals surface area contributed by atoms with Crippen LogP contribution in [0, 0.1) is 0 Å². The van der Waals surface area contributed by atoms with E-state index < -0.39 is 0 Å². The lowest BCUT2D eigenvalue weighted by Gasteiger charge is -2.17. The molecule has 0 aromatic carbocycles. The van der Waals surface area contributed by atoms with Crippen molar-refractivity contribution in [2.24, 2.45) is 7.05 Å². The quantitative estimate of drug-likeness (QED) is 0.866. The molecule has 0 aliphatic carbocycles. The molecule has 2 rings (SSSR count). The maximum absolute atomic E-state index is 4.49. The lowest BCUT2D eigenvalue weighted by molar-refractivity contribution is 0.621. The van der Waals surface area contributed by atoms with Crippen molar-refractivity contribution in [3.63, 3.8) is 0 Å². The van der Waals surface area contributed by atoms with Crippen molar-refractivity contribution in [3.8, 4) is 0 Å². The monoisotopic (exact) mass is 245 g/mol. The molecular weight excluding hydrogens is 226 g/mol. The Kier molecular flexibility index (Phi) is 4.04. The normalized spacial score (nSPS) is 12.6. The Morgan fingerprint density at radius 1 is 1.28 bits per heavy atom. The van der Waals surface area contributed by atoms with E-state index in [0.717, 1.165) is 24.2 Å². The average molecular weight is 245 g/mol. The van der Waals surface area contributed by atoms with Gasteiger partial charge in [-0.2, -0.15) is 5.10 Å². The summed E-state index contributed by atoms with van der Waals surface area (Å²) in [6, 6.07) is 0.111. The number of nitrogens with one attached hydrogen (secondary N) is 1. The predicted molar refractivity (Wildman–Crippen MR) is 70.1 cm³/mol. The van der Waals surface area contributed by atoms with Crippen LogP contribution in [0.4, 0.5) is 0 Å². The van der Waals surface area contributed by atoms with E-state index in [1.54, 1.807) is 6.33 Å². The van der Waals surface area contributed by atoms with Crippen LogP contribution in [-0.4, -0.2) is 26.3 Å². The Morgan fingerprint density at radius 3 is 2.61 bits per heavy atom. The zero-order chi connectivity index (χ0) is 13.0. The summed E-state index contributed by atoms with van der Waals surface area (Å²) in [7, 11) is 1.95. The second kappa shape index (κ2) is 5.73. The van der Waals surface area contributed by atoms with E-state index in [1.165, 1.54) is 5.56 Å². The summed E-state index contributed by atoms with van der Waals surface area (Å²) in [6.45, 7) is 5.10. The molecule has 1 atom stereocenters. The highest BCUT2D eigenvalue weighted by atomic mass is 15.3. The molecule has 5 nitrogen and oxygen atoms in total. The van der Waals surface area contributed by atoms with E-state index in [1.807, 2.05) is 24.1 Å². The van der Waals surface area contributed by atoms with Crippen LogP contribution >= 0.6 is 0 Å². The lowest BCUT2D eigenvalue weighted by Crippen LogP contribution is -2.23. The summed E-state index contributed by atoms with van der Waals surface area (Å²) in [5, 5.41) is 7.96. The summed E-state index contributed by atoms with van der Waals surface area (Å²) < 4.78 is 1.86. The number of rotatable bonds is 5. The minimum atomic E-state index is 0.111. The van der Waals surface area contributed by atoms with Crippen LogP contribution in [0.25, 0.3) is 0 Å². The molecule has 2 aromatic heterocycles. The van der Waals surface area contributed by atoms with Crippen molar-refractivity contribution in [1.82, 2.24) is 25.1 Å². The molecule has 1 N–H and O–H groups in total. The van der Waals surface area contributed by atoms with Crippen LogP contribution in [0.5, 0.6) is 0 Å². The van der Waals surface area contributed by atoms with Crippen LogP contribution in [0.15, 0.2) is 24.9 Å². The predicted octanol–water partition coefficient (Wildman–Crippen LogP) is 1.47. The molecule has 2 aromatic rings. The Balaban J connectivity index is 2.41. The van der Waals surface area contributed by atoms with Crippen LogP contribution in [0.3, 0.4) is 0 Å². The molecule has 18 heavy (non-hydrogen) atoms. The highest BCUT2D eigenvalue weighted by molar-refractivity contribution is 5.30. The summed E-state index contributed by atoms with van der Waals surface area (Å²) in [5.74, 6) is 0. The molecule has 0 spiro atoms. The molecular formula is C13H19N5. The first-order valence-corrected chi connectivity index (χ1v) is 6.27. The van der Waals surface area contributed by atoms with Gasteiger partial charge in [-0.25, -0.2) is 9.97 Å². The zero-order valence-electron chi connectivity index (χ0n) is 11.1. The Morgan fingerprint density at radius 2 is 2.00 bits per heavy atom. The minimum absolute atomic E-state index is 0.111. The molecule has 0 radical (unpaired) electrons. The topological polar surface area (TPSA) is 55.6 Å². The molecule has 5 heteroatoms. The molecule has 0 fully saturated rings. The number of hydrogen-bond acceptors (Lipinski definition) is 4. The Labute approximate surface area is 107 Å². The fourth-order valence-corrected chi connectivity index (χ4v) is 2.14. The van der Waals surface area contributed by atoms with E-state index in [4.69, 9.17) is 0 Å². The van der Waals surface area contributed by atoms with E-state index in [2.05, 4.69) is 40.4 Å². The maximum Gasteiger partial charge on any atom is 0.115 e. The summed E-state index contributed by atoms with van der Waals surface area (Å²) in [4.78, 5) is 8.19. The Bertz CT molecular complexity index is 491. The fraction of sp³-hybridized carbons (Fsp3) is 0.462. The van der Waals surface area contributed by atoms with Gasteiger partial charge in [0.2, 0.25) is 0 Å². The van der Waals surface area contributed by atoms with Gasteiger partial charge in [0.1, 0.15) is 6.33 Å². The molecule has 0 saturated carbocycles. The van der Waals surface area contributed by atoms with Gasteiger partial charge in [-0.05, 0) is 13.0 Å². The number of aromatic nitrogens is 4. The summed E-state index contributed by atoms with van der Waals surface area (Å²) in [5.41, 5.74) is 3.39. The highest BCUT2D eigenvalue weighted by Crippen LogP contribution is 2.23. The van der Waals surface area contributed by atoms with E-state index in [0.29, 0.717) is 0 Å². The van der Waals surface area contributed by atoms with Gasteiger partial charge >= 0.3 is 0 Å². The smallest absolute Gasteiger partial charge is 0.115 e. The van der Waals surface area contributed by atoms with E-state index in [-0.39, 0.29) is 6.04 Å². The molecule has 0 aliphatic heterocycles. The third-order valence-corrected chi connectivity index (χ3v) is 2.91. The zero-order valence-corrected chi connectivity index (χ0v) is 11.1. The van der Waals surface area contributed by atoms with Crippen LogP contribution in [-0.2, 0) is 13.5 Å². The molecule has 96 valence electrons. The van der Waals surface area contributed by atoms with Gasteiger partial charge in [0.25, 0.3) is 0 Å². The van der Waals surface area contributed by atoms with Crippen molar-refractivity contribution < 1.29 is 0 Å². The van der Waals surface area contributed by atoms with Gasteiger partial charge in [-0.1, -0.05) is 13.8 Å². The number of aryl methyl sites for hydroxylation is 2. The molecule has 0 amide bonds. The lowest BCUT2D eigenvalue weighted by atomic mass is 10.0. The first-order valence-electron chi connectivity index (χ1n) is 6.27. The number of hydrogen-bond donors (Lipinski definition) is 1. The van der Waals surface area contributed by atoms with Gasteiger partial charge in [-0.15, -0.1) is 0 Å².